The van der Waals surface area contributed by atoms with Gasteiger partial charge in [-0.3, -0.25) is 4.79 Å². The number of nitrogens with zero attached hydrogens (tertiary/aromatic N) is 2. The van der Waals surface area contributed by atoms with Crippen LogP contribution in [0, 0.1) is 0 Å². The largest absolute Gasteiger partial charge is 0.351 e. The van der Waals surface area contributed by atoms with Gasteiger partial charge in [-0.1, -0.05) is 15.9 Å². The first-order chi connectivity index (χ1) is 11.6. The zero-order valence-corrected chi connectivity index (χ0v) is 15.5. The smallest absolute Gasteiger partial charge is 0.272 e. The van der Waals surface area contributed by atoms with Gasteiger partial charge in [0.05, 0.1) is 5.69 Å². The van der Waals surface area contributed by atoms with Crippen LogP contribution < -0.4 is 11.1 Å². The number of carbonyl (C=O) groups is 1. The van der Waals surface area contributed by atoms with Gasteiger partial charge in [0.2, 0.25) is 0 Å². The number of nitrogens with two attached hydrogens (primary N) is 1. The van der Waals surface area contributed by atoms with Crippen molar-refractivity contribution in [2.24, 2.45) is 5.73 Å². The van der Waals surface area contributed by atoms with E-state index in [0.29, 0.717) is 12.2 Å². The maximum absolute atomic E-state index is 12.6. The highest BCUT2D eigenvalue weighted by Crippen LogP contribution is 2.27. The minimum Gasteiger partial charge on any atom is -0.351 e. The van der Waals surface area contributed by atoms with Crippen LogP contribution in [-0.2, 0) is 12.8 Å². The number of nitrogens with one attached hydrogen (secondary N) is 1. The molecule has 3 N–H and O–H groups in total. The van der Waals surface area contributed by atoms with Gasteiger partial charge < -0.3 is 11.1 Å². The van der Waals surface area contributed by atoms with Gasteiger partial charge in [-0.2, -0.15) is 5.10 Å². The molecule has 0 bridgehead atoms. The van der Waals surface area contributed by atoms with Gasteiger partial charge in [0.25, 0.3) is 5.91 Å². The van der Waals surface area contributed by atoms with Crippen LogP contribution in [0.5, 0.6) is 0 Å². The molecule has 1 unspecified atom stereocenters. The van der Waals surface area contributed by atoms with E-state index in [0.717, 1.165) is 47.8 Å². The summed E-state index contributed by atoms with van der Waals surface area (Å²) < 4.78 is 2.96. The van der Waals surface area contributed by atoms with E-state index in [1.54, 1.807) is 0 Å². The third kappa shape index (κ3) is 3.70. The predicted octanol–water partition coefficient (Wildman–Crippen LogP) is 2.98. The number of aromatic nitrogens is 2. The standard InChI is InChI=1S/C18H23BrN4O/c1-12(20)10-11-21-18(24)17-15-4-2-3-5-16(15)23(22-17)14-8-6-13(19)7-9-14/h6-9,12H,2-5,10-11,20H2,1H3,(H,21,24). The molecule has 1 aromatic heterocycles. The van der Waals surface area contributed by atoms with Crippen molar-refractivity contribution in [2.75, 3.05) is 6.54 Å². The minimum atomic E-state index is -0.0929. The van der Waals surface area contributed by atoms with Crippen LogP contribution in [0.2, 0.25) is 0 Å². The maximum atomic E-state index is 12.6. The topological polar surface area (TPSA) is 72.9 Å². The summed E-state index contributed by atoms with van der Waals surface area (Å²) in [4.78, 5) is 12.6. The summed E-state index contributed by atoms with van der Waals surface area (Å²) in [6.45, 7) is 2.52. The lowest BCUT2D eigenvalue weighted by Crippen LogP contribution is -2.30. The fourth-order valence-electron chi connectivity index (χ4n) is 3.07. The van der Waals surface area contributed by atoms with E-state index in [-0.39, 0.29) is 11.9 Å². The maximum Gasteiger partial charge on any atom is 0.272 e. The van der Waals surface area contributed by atoms with E-state index in [4.69, 9.17) is 5.73 Å². The molecule has 5 nitrogen and oxygen atoms in total. The van der Waals surface area contributed by atoms with E-state index >= 15 is 0 Å². The quantitative estimate of drug-likeness (QED) is 0.823. The lowest BCUT2D eigenvalue weighted by molar-refractivity contribution is 0.0946. The Balaban J connectivity index is 1.90. The molecule has 6 heteroatoms. The first kappa shape index (κ1) is 17.2. The first-order valence-corrected chi connectivity index (χ1v) is 9.26. The molecule has 1 aromatic carbocycles. The Morgan fingerprint density at radius 1 is 1.33 bits per heavy atom. The molecular formula is C18H23BrN4O. The van der Waals surface area contributed by atoms with E-state index in [1.165, 1.54) is 5.69 Å². The van der Waals surface area contributed by atoms with Gasteiger partial charge in [-0.05, 0) is 63.3 Å². The molecule has 0 saturated heterocycles. The number of hydrogen-bond donors (Lipinski definition) is 2. The SMILES string of the molecule is CC(N)CCNC(=O)c1nn(-c2ccc(Br)cc2)c2c1CCCC2. The van der Waals surface area contributed by atoms with E-state index in [9.17, 15) is 4.79 Å². The number of carbonyl (C=O) groups excluding carboxylic acids is 1. The minimum absolute atomic E-state index is 0.0829. The van der Waals surface area contributed by atoms with Crippen molar-refractivity contribution in [3.05, 3.63) is 45.7 Å². The van der Waals surface area contributed by atoms with E-state index < -0.39 is 0 Å². The summed E-state index contributed by atoms with van der Waals surface area (Å²) in [6.07, 6.45) is 4.90. The van der Waals surface area contributed by atoms with Crippen LogP contribution in [0.3, 0.4) is 0 Å². The third-order valence-electron chi connectivity index (χ3n) is 4.35. The van der Waals surface area contributed by atoms with Gasteiger partial charge in [0.1, 0.15) is 0 Å². The summed E-state index contributed by atoms with van der Waals surface area (Å²) >= 11 is 3.46. The van der Waals surface area contributed by atoms with Crippen LogP contribution >= 0.6 is 15.9 Å². The van der Waals surface area contributed by atoms with Crippen molar-refractivity contribution in [1.82, 2.24) is 15.1 Å². The molecule has 1 amide bonds. The number of amides is 1. The van der Waals surface area contributed by atoms with Crippen LogP contribution in [0.25, 0.3) is 5.69 Å². The van der Waals surface area contributed by atoms with Crippen LogP contribution in [0.15, 0.2) is 28.7 Å². The first-order valence-electron chi connectivity index (χ1n) is 8.46. The molecule has 0 aliphatic heterocycles. The molecule has 0 saturated carbocycles. The van der Waals surface area contributed by atoms with Gasteiger partial charge in [0, 0.05) is 28.3 Å². The van der Waals surface area contributed by atoms with Crippen molar-refractivity contribution in [3.8, 4) is 5.69 Å². The molecule has 128 valence electrons. The molecule has 1 heterocycles. The van der Waals surface area contributed by atoms with Crippen molar-refractivity contribution in [3.63, 3.8) is 0 Å². The number of halogens is 1. The molecule has 1 aliphatic rings. The van der Waals surface area contributed by atoms with Gasteiger partial charge in [-0.15, -0.1) is 0 Å². The predicted molar refractivity (Wildman–Crippen MR) is 98.5 cm³/mol. The fourth-order valence-corrected chi connectivity index (χ4v) is 3.34. The van der Waals surface area contributed by atoms with Crippen molar-refractivity contribution in [2.45, 2.75) is 45.1 Å². The number of fused-ring (bicyclic) bond motifs is 1. The Morgan fingerprint density at radius 3 is 2.75 bits per heavy atom. The number of benzene rings is 1. The van der Waals surface area contributed by atoms with E-state index in [2.05, 4.69) is 26.3 Å². The summed E-state index contributed by atoms with van der Waals surface area (Å²) in [5.41, 5.74) is 9.57. The Labute approximate surface area is 150 Å². The second kappa shape index (κ2) is 7.49. The van der Waals surface area contributed by atoms with Gasteiger partial charge in [-0.25, -0.2) is 4.68 Å². The number of hydrogen-bond acceptors (Lipinski definition) is 3. The summed E-state index contributed by atoms with van der Waals surface area (Å²) in [5, 5.41) is 7.60. The zero-order valence-electron chi connectivity index (χ0n) is 13.9. The Bertz CT molecular complexity index is 721. The summed E-state index contributed by atoms with van der Waals surface area (Å²) in [7, 11) is 0. The molecule has 1 aliphatic carbocycles. The average molecular weight is 391 g/mol. The Hall–Kier alpha value is -1.66. The van der Waals surface area contributed by atoms with Crippen LogP contribution in [0.4, 0.5) is 0 Å². The summed E-state index contributed by atoms with van der Waals surface area (Å²) in [5.74, 6) is -0.0929. The fraction of sp³-hybridized carbons (Fsp3) is 0.444. The molecule has 0 spiro atoms. The molecule has 3 rings (SSSR count). The Morgan fingerprint density at radius 2 is 2.04 bits per heavy atom. The molecular weight excluding hydrogens is 368 g/mol. The zero-order chi connectivity index (χ0) is 17.1. The van der Waals surface area contributed by atoms with Crippen molar-refractivity contribution in [1.29, 1.82) is 0 Å². The molecule has 0 radical (unpaired) electrons. The van der Waals surface area contributed by atoms with Crippen LogP contribution in [0.1, 0.15) is 47.9 Å². The highest BCUT2D eigenvalue weighted by Gasteiger charge is 2.25. The normalized spacial score (nSPS) is 15.0. The second-order valence-electron chi connectivity index (χ2n) is 6.39. The lowest BCUT2D eigenvalue weighted by Gasteiger charge is -2.14. The number of rotatable bonds is 5. The molecule has 1 atom stereocenters. The highest BCUT2D eigenvalue weighted by atomic mass is 79.9. The van der Waals surface area contributed by atoms with Gasteiger partial charge >= 0.3 is 0 Å². The molecule has 2 aromatic rings. The van der Waals surface area contributed by atoms with Crippen molar-refractivity contribution >= 4 is 21.8 Å². The average Bonchev–Trinajstić information content (AvgIpc) is 2.95. The van der Waals surface area contributed by atoms with Crippen LogP contribution in [-0.4, -0.2) is 28.3 Å². The summed E-state index contributed by atoms with van der Waals surface area (Å²) in [6, 6.07) is 8.11. The molecule has 24 heavy (non-hydrogen) atoms. The molecule has 0 fully saturated rings. The monoisotopic (exact) mass is 390 g/mol. The van der Waals surface area contributed by atoms with Crippen molar-refractivity contribution < 1.29 is 4.79 Å². The Kier molecular flexibility index (Phi) is 5.36. The highest BCUT2D eigenvalue weighted by molar-refractivity contribution is 9.10. The second-order valence-corrected chi connectivity index (χ2v) is 7.31. The van der Waals surface area contributed by atoms with E-state index in [1.807, 2.05) is 35.9 Å². The third-order valence-corrected chi connectivity index (χ3v) is 4.88. The van der Waals surface area contributed by atoms with Gasteiger partial charge in [0.15, 0.2) is 5.69 Å². The lowest BCUT2D eigenvalue weighted by atomic mass is 9.95.